The topological polar surface area (TPSA) is 78.9 Å². The molecule has 0 heterocycles. The van der Waals surface area contributed by atoms with Gasteiger partial charge in [-0.2, -0.15) is 0 Å². The van der Waals surface area contributed by atoms with E-state index < -0.39 is 6.10 Å². The first-order chi connectivity index (χ1) is 40.0. The maximum absolute atomic E-state index is 12.9. The Morgan fingerprint density at radius 3 is 0.753 bits per heavy atom. The number of allylic oxidation sites excluding steroid dienone is 16. The van der Waals surface area contributed by atoms with Gasteiger partial charge in [0.2, 0.25) is 0 Å². The molecule has 6 nitrogen and oxygen atoms in total. The fourth-order valence-electron chi connectivity index (χ4n) is 9.96. The van der Waals surface area contributed by atoms with Crippen molar-refractivity contribution in [3.63, 3.8) is 0 Å². The Kier molecular flexibility index (Phi) is 65.7. The third kappa shape index (κ3) is 67.0. The standard InChI is InChI=1S/C75H130O6/c1-4-7-10-13-16-19-22-25-28-31-32-33-34-35-36-37-38-39-40-41-42-45-47-50-53-56-59-62-65-68-74(77)80-71-72(81-75(78)69-66-63-60-57-54-51-48-44-30-27-24-21-18-15-12-9-6-3)70-79-73(76)67-64-61-58-55-52-49-46-43-29-26-23-20-17-14-11-8-5-2/h8-9,11-12,17-18,20-21,26-27,29-30,46,48-49,51,72H,4-7,10,13-16,19,22-25,28,31-45,47,50,52-71H2,1-3H3/b11-8-,12-9-,20-17-,21-18-,29-26-,30-27-,49-46-,51-48-. The number of unbranched alkanes of at least 4 members (excludes halogenated alkanes) is 36. The minimum Gasteiger partial charge on any atom is -0.462 e. The maximum Gasteiger partial charge on any atom is 0.306 e. The third-order valence-corrected chi connectivity index (χ3v) is 15.1. The summed E-state index contributed by atoms with van der Waals surface area (Å²) in [6.45, 7) is 6.42. The molecule has 6 heteroatoms. The van der Waals surface area contributed by atoms with Crippen LogP contribution in [0.15, 0.2) is 97.2 Å². The Balaban J connectivity index is 4.29. The van der Waals surface area contributed by atoms with Gasteiger partial charge in [0.05, 0.1) is 0 Å². The highest BCUT2D eigenvalue weighted by molar-refractivity contribution is 5.71. The number of hydrogen-bond donors (Lipinski definition) is 0. The molecule has 0 N–H and O–H groups in total. The summed E-state index contributed by atoms with van der Waals surface area (Å²) in [5, 5.41) is 0. The number of ether oxygens (including phenoxy) is 3. The summed E-state index contributed by atoms with van der Waals surface area (Å²) in [6, 6.07) is 0. The van der Waals surface area contributed by atoms with Crippen LogP contribution in [-0.4, -0.2) is 37.2 Å². The van der Waals surface area contributed by atoms with E-state index >= 15 is 0 Å². The van der Waals surface area contributed by atoms with E-state index in [4.69, 9.17) is 14.2 Å². The van der Waals surface area contributed by atoms with Gasteiger partial charge in [0.1, 0.15) is 13.2 Å². The quantitative estimate of drug-likeness (QED) is 0.0261. The van der Waals surface area contributed by atoms with Gasteiger partial charge in [-0.25, -0.2) is 0 Å². The van der Waals surface area contributed by atoms with Crippen molar-refractivity contribution in [3.8, 4) is 0 Å². The summed E-state index contributed by atoms with van der Waals surface area (Å²) >= 11 is 0. The number of esters is 3. The van der Waals surface area contributed by atoms with E-state index in [1.807, 2.05) is 0 Å². The highest BCUT2D eigenvalue weighted by Gasteiger charge is 2.19. The van der Waals surface area contributed by atoms with Gasteiger partial charge in [-0.3, -0.25) is 14.4 Å². The molecule has 0 bridgehead atoms. The lowest BCUT2D eigenvalue weighted by Crippen LogP contribution is -2.30. The van der Waals surface area contributed by atoms with Crippen LogP contribution in [0.25, 0.3) is 0 Å². The summed E-state index contributed by atoms with van der Waals surface area (Å²) in [7, 11) is 0. The zero-order chi connectivity index (χ0) is 58.5. The van der Waals surface area contributed by atoms with Gasteiger partial charge in [0.25, 0.3) is 0 Å². The Hall–Kier alpha value is -3.67. The average molecular weight is 1130 g/mol. The largest absolute Gasteiger partial charge is 0.462 e. The number of rotatable bonds is 63. The molecule has 0 saturated heterocycles. The van der Waals surface area contributed by atoms with Crippen molar-refractivity contribution in [1.29, 1.82) is 0 Å². The molecular weight excluding hydrogens is 997 g/mol. The SMILES string of the molecule is CC/C=C\C/C=C\C/C=C\C/C=C\CCCCCCC(=O)OCC(COC(=O)CCCCCCCCCCCCCCCCCCCCCCCCCCCCCCC)OC(=O)CCCCCC/C=C\C/C=C\C/C=C\C/C=C\CC. The van der Waals surface area contributed by atoms with Gasteiger partial charge in [0.15, 0.2) is 6.10 Å². The molecular formula is C75H130O6. The molecule has 0 aromatic heterocycles. The summed E-state index contributed by atoms with van der Waals surface area (Å²) in [5.74, 6) is -0.929. The minimum atomic E-state index is -0.803. The molecule has 0 fully saturated rings. The molecule has 0 aliphatic rings. The summed E-state index contributed by atoms with van der Waals surface area (Å²) in [4.78, 5) is 38.4. The predicted octanol–water partition coefficient (Wildman–Crippen LogP) is 24.0. The first kappa shape index (κ1) is 77.3. The van der Waals surface area contributed by atoms with E-state index in [2.05, 4.69) is 118 Å². The van der Waals surface area contributed by atoms with Gasteiger partial charge < -0.3 is 14.2 Å². The lowest BCUT2D eigenvalue weighted by Gasteiger charge is -2.18. The van der Waals surface area contributed by atoms with Crippen molar-refractivity contribution in [2.24, 2.45) is 0 Å². The van der Waals surface area contributed by atoms with E-state index in [0.717, 1.165) is 135 Å². The van der Waals surface area contributed by atoms with Crippen molar-refractivity contribution >= 4 is 17.9 Å². The monoisotopic (exact) mass is 1130 g/mol. The lowest BCUT2D eigenvalue weighted by molar-refractivity contribution is -0.167. The highest BCUT2D eigenvalue weighted by atomic mass is 16.6. The molecule has 0 aromatic rings. The van der Waals surface area contributed by atoms with Crippen molar-refractivity contribution in [3.05, 3.63) is 97.2 Å². The van der Waals surface area contributed by atoms with Gasteiger partial charge in [-0.05, 0) is 96.3 Å². The Morgan fingerprint density at radius 1 is 0.259 bits per heavy atom. The van der Waals surface area contributed by atoms with E-state index in [-0.39, 0.29) is 31.1 Å². The third-order valence-electron chi connectivity index (χ3n) is 15.1. The maximum atomic E-state index is 12.9. The van der Waals surface area contributed by atoms with Crippen LogP contribution >= 0.6 is 0 Å². The predicted molar refractivity (Wildman–Crippen MR) is 353 cm³/mol. The zero-order valence-corrected chi connectivity index (χ0v) is 53.5. The number of carbonyl (C=O) groups excluding carboxylic acids is 3. The van der Waals surface area contributed by atoms with E-state index in [1.165, 1.54) is 167 Å². The molecule has 0 rings (SSSR count). The molecule has 1 atom stereocenters. The molecule has 0 saturated carbocycles. The van der Waals surface area contributed by atoms with Crippen LogP contribution < -0.4 is 0 Å². The van der Waals surface area contributed by atoms with Crippen LogP contribution in [0.2, 0.25) is 0 Å². The second-order valence-corrected chi connectivity index (χ2v) is 23.0. The minimum absolute atomic E-state index is 0.0937. The van der Waals surface area contributed by atoms with Crippen molar-refractivity contribution in [1.82, 2.24) is 0 Å². The van der Waals surface area contributed by atoms with Crippen LogP contribution in [0, 0.1) is 0 Å². The molecule has 0 radical (unpaired) electrons. The summed E-state index contributed by atoms with van der Waals surface area (Å²) in [6.07, 6.45) is 93.0. The highest BCUT2D eigenvalue weighted by Crippen LogP contribution is 2.18. The Morgan fingerprint density at radius 2 is 0.481 bits per heavy atom. The van der Waals surface area contributed by atoms with Crippen LogP contribution in [0.3, 0.4) is 0 Å². The molecule has 0 aliphatic carbocycles. The molecule has 0 spiro atoms. The second-order valence-electron chi connectivity index (χ2n) is 23.0. The Bertz CT molecular complexity index is 1580. The van der Waals surface area contributed by atoms with Crippen molar-refractivity contribution in [2.45, 2.75) is 348 Å². The van der Waals surface area contributed by atoms with Crippen LogP contribution in [0.1, 0.15) is 342 Å². The first-order valence-corrected chi connectivity index (χ1v) is 34.7. The summed E-state index contributed by atoms with van der Waals surface area (Å²) in [5.41, 5.74) is 0. The molecule has 0 aliphatic heterocycles. The fraction of sp³-hybridized carbons (Fsp3) is 0.747. The lowest BCUT2D eigenvalue weighted by atomic mass is 10.0. The molecule has 81 heavy (non-hydrogen) atoms. The van der Waals surface area contributed by atoms with E-state index in [9.17, 15) is 14.4 Å². The average Bonchev–Trinajstić information content (AvgIpc) is 3.47. The zero-order valence-electron chi connectivity index (χ0n) is 53.5. The van der Waals surface area contributed by atoms with E-state index in [0.29, 0.717) is 19.3 Å². The summed E-state index contributed by atoms with van der Waals surface area (Å²) < 4.78 is 16.9. The molecule has 0 aromatic carbocycles. The van der Waals surface area contributed by atoms with Crippen molar-refractivity contribution in [2.75, 3.05) is 13.2 Å². The molecule has 1 unspecified atom stereocenters. The van der Waals surface area contributed by atoms with Crippen LogP contribution in [-0.2, 0) is 28.6 Å². The van der Waals surface area contributed by atoms with Gasteiger partial charge in [0, 0.05) is 19.3 Å². The van der Waals surface area contributed by atoms with Gasteiger partial charge in [-0.15, -0.1) is 0 Å². The second kappa shape index (κ2) is 68.8. The number of carbonyl (C=O) groups is 3. The van der Waals surface area contributed by atoms with Gasteiger partial charge in [-0.1, -0.05) is 323 Å². The number of hydrogen-bond acceptors (Lipinski definition) is 6. The molecule has 0 amide bonds. The fourth-order valence-corrected chi connectivity index (χ4v) is 9.96. The smallest absolute Gasteiger partial charge is 0.306 e. The van der Waals surface area contributed by atoms with Crippen molar-refractivity contribution < 1.29 is 28.6 Å². The molecule has 466 valence electrons. The normalized spacial score (nSPS) is 12.7. The van der Waals surface area contributed by atoms with Crippen LogP contribution in [0.5, 0.6) is 0 Å². The Labute approximate surface area is 502 Å². The van der Waals surface area contributed by atoms with Crippen LogP contribution in [0.4, 0.5) is 0 Å². The van der Waals surface area contributed by atoms with E-state index in [1.54, 1.807) is 0 Å². The van der Waals surface area contributed by atoms with Gasteiger partial charge >= 0.3 is 17.9 Å². The first-order valence-electron chi connectivity index (χ1n) is 34.7.